The van der Waals surface area contributed by atoms with Gasteiger partial charge in [-0.3, -0.25) is 4.99 Å². The maximum absolute atomic E-state index is 12.4. The molecule has 6 heteroatoms. The van der Waals surface area contributed by atoms with E-state index in [9.17, 15) is 13.2 Å². The van der Waals surface area contributed by atoms with Crippen LogP contribution in [-0.2, 0) is 0 Å². The molecule has 14 heavy (non-hydrogen) atoms. The van der Waals surface area contributed by atoms with E-state index in [1.165, 1.54) is 12.1 Å². The van der Waals surface area contributed by atoms with Crippen LogP contribution in [0.4, 0.5) is 13.2 Å². The molecule has 0 aliphatic heterocycles. The fraction of sp³-hybridized carbons (Fsp3) is 0.375. The molecule has 0 N–H and O–H groups in total. The van der Waals surface area contributed by atoms with Crippen LogP contribution in [0.25, 0.3) is 0 Å². The molecule has 1 rings (SSSR count). The molecule has 0 saturated heterocycles. The van der Waals surface area contributed by atoms with E-state index in [2.05, 4.69) is 4.99 Å². The molecule has 0 unspecified atom stereocenters. The van der Waals surface area contributed by atoms with Crippen molar-refractivity contribution < 1.29 is 17.6 Å². The third-order valence-electron chi connectivity index (χ3n) is 1.55. The molecule has 0 saturated carbocycles. The molecule has 2 nitrogen and oxygen atoms in total. The Labute approximate surface area is 92.3 Å². The van der Waals surface area contributed by atoms with Gasteiger partial charge in [0.05, 0.1) is 4.22 Å². The van der Waals surface area contributed by atoms with Gasteiger partial charge in [-0.2, -0.15) is 13.2 Å². The number of nitrogens with zero attached hydrogens (tertiary/aromatic N) is 1. The number of hydrogen-bond donors (Lipinski definition) is 0. The van der Waals surface area contributed by atoms with E-state index in [4.69, 9.17) is 4.42 Å². The lowest BCUT2D eigenvalue weighted by molar-refractivity contribution is -0.151. The maximum Gasteiger partial charge on any atom is 0.418 e. The molecule has 0 aliphatic rings. The first-order valence-corrected chi connectivity index (χ1v) is 4.94. The molecule has 0 aromatic carbocycles. The highest BCUT2D eigenvalue weighted by atomic mass is 127. The molecular weight excluding hydrogens is 310 g/mol. The van der Waals surface area contributed by atoms with Crippen LogP contribution >= 0.6 is 22.6 Å². The van der Waals surface area contributed by atoms with Crippen molar-refractivity contribution in [1.82, 2.24) is 0 Å². The Kier molecular flexibility index (Phi) is 3.57. The van der Waals surface area contributed by atoms with Crippen LogP contribution in [0.5, 0.6) is 0 Å². The zero-order chi connectivity index (χ0) is 10.8. The van der Waals surface area contributed by atoms with Gasteiger partial charge >= 0.3 is 6.18 Å². The van der Waals surface area contributed by atoms with E-state index in [0.29, 0.717) is 5.76 Å². The maximum atomic E-state index is 12.4. The fourth-order valence-corrected chi connectivity index (χ4v) is 1.30. The molecule has 0 aliphatic carbocycles. The van der Waals surface area contributed by atoms with Gasteiger partial charge in [0.1, 0.15) is 11.5 Å². The molecule has 78 valence electrons. The number of aliphatic imine (C=N–C) groups is 1. The van der Waals surface area contributed by atoms with Crippen LogP contribution in [0, 0.1) is 6.92 Å². The van der Waals surface area contributed by atoms with Crippen LogP contribution in [-0.4, -0.2) is 10.4 Å². The minimum atomic E-state index is -4.41. The van der Waals surface area contributed by atoms with Crippen molar-refractivity contribution in [3.05, 3.63) is 23.7 Å². The van der Waals surface area contributed by atoms with Crippen molar-refractivity contribution >= 4 is 26.8 Å². The second-order valence-electron chi connectivity index (χ2n) is 2.64. The van der Waals surface area contributed by atoms with Crippen LogP contribution in [0.15, 0.2) is 21.5 Å². The van der Waals surface area contributed by atoms with Crippen LogP contribution in [0.2, 0.25) is 0 Å². The molecule has 1 aromatic rings. The first kappa shape index (κ1) is 11.5. The normalized spacial score (nSPS) is 14.9. The molecule has 0 radical (unpaired) electrons. The van der Waals surface area contributed by atoms with Crippen molar-refractivity contribution in [3.8, 4) is 0 Å². The average molecular weight is 317 g/mol. The number of halogens is 4. The Balaban J connectivity index is 3.00. The first-order chi connectivity index (χ1) is 6.45. The van der Waals surface area contributed by atoms with E-state index in [0.717, 1.165) is 4.22 Å². The van der Waals surface area contributed by atoms with Gasteiger partial charge in [0, 0.05) is 0 Å². The lowest BCUT2D eigenvalue weighted by atomic mass is 10.2. The summed E-state index contributed by atoms with van der Waals surface area (Å²) in [7, 11) is 0. The van der Waals surface area contributed by atoms with Gasteiger partial charge < -0.3 is 4.42 Å². The molecule has 1 heterocycles. The fourth-order valence-electron chi connectivity index (χ4n) is 0.976. The summed E-state index contributed by atoms with van der Waals surface area (Å²) >= 11 is 1.64. The summed E-state index contributed by atoms with van der Waals surface area (Å²) in [6.07, 6.45) is -4.41. The van der Waals surface area contributed by atoms with Crippen molar-refractivity contribution in [3.63, 3.8) is 0 Å². The van der Waals surface area contributed by atoms with E-state index in [1.807, 2.05) is 0 Å². The second-order valence-corrected chi connectivity index (χ2v) is 3.20. The van der Waals surface area contributed by atoms with Gasteiger partial charge in [0.15, 0.2) is 0 Å². The Hall–Kier alpha value is -0.530. The van der Waals surface area contributed by atoms with E-state index >= 15 is 0 Å². The van der Waals surface area contributed by atoms with Crippen molar-refractivity contribution in [2.45, 2.75) is 19.1 Å². The molecule has 1 atom stereocenters. The van der Waals surface area contributed by atoms with Crippen LogP contribution < -0.4 is 0 Å². The van der Waals surface area contributed by atoms with Gasteiger partial charge in [-0.25, -0.2) is 0 Å². The minimum Gasteiger partial charge on any atom is -0.464 e. The topological polar surface area (TPSA) is 25.5 Å². The quantitative estimate of drug-likeness (QED) is 0.604. The summed E-state index contributed by atoms with van der Waals surface area (Å²) in [5.41, 5.74) is 0. The number of hydrogen-bond acceptors (Lipinski definition) is 2. The van der Waals surface area contributed by atoms with Crippen molar-refractivity contribution in [2.24, 2.45) is 4.99 Å². The largest absolute Gasteiger partial charge is 0.464 e. The highest BCUT2D eigenvalue weighted by Gasteiger charge is 2.42. The minimum absolute atomic E-state index is 0.178. The Morgan fingerprint density at radius 2 is 2.14 bits per heavy atom. The summed E-state index contributed by atoms with van der Waals surface area (Å²) in [5.74, 6) is 0.265. The predicted molar refractivity (Wildman–Crippen MR) is 54.8 cm³/mol. The van der Waals surface area contributed by atoms with Gasteiger partial charge in [-0.15, -0.1) is 0 Å². The number of alkyl halides is 3. The summed E-state index contributed by atoms with van der Waals surface area (Å²) in [6, 6.07) is 0.876. The lowest BCUT2D eigenvalue weighted by Gasteiger charge is -2.12. The van der Waals surface area contributed by atoms with E-state index < -0.39 is 12.2 Å². The number of aryl methyl sites for hydroxylation is 1. The van der Waals surface area contributed by atoms with Crippen molar-refractivity contribution in [2.75, 3.05) is 0 Å². The summed E-state index contributed by atoms with van der Waals surface area (Å²) in [6.45, 7) is 1.59. The molecule has 0 spiro atoms. The summed E-state index contributed by atoms with van der Waals surface area (Å²) in [5, 5.41) is 0. The molecule has 0 amide bonds. The lowest BCUT2D eigenvalue weighted by Crippen LogP contribution is -2.18. The zero-order valence-corrected chi connectivity index (χ0v) is 9.33. The van der Waals surface area contributed by atoms with Gasteiger partial charge in [-0.1, -0.05) is 0 Å². The Morgan fingerprint density at radius 1 is 1.50 bits per heavy atom. The highest BCUT2D eigenvalue weighted by Crippen LogP contribution is 2.36. The van der Waals surface area contributed by atoms with Gasteiger partial charge in [0.25, 0.3) is 0 Å². The average Bonchev–Trinajstić information content (AvgIpc) is 2.45. The summed E-state index contributed by atoms with van der Waals surface area (Å²) < 4.78 is 43.3. The monoisotopic (exact) mass is 317 g/mol. The number of furan rings is 1. The summed E-state index contributed by atoms with van der Waals surface area (Å²) in [4.78, 5) is 3.32. The third-order valence-corrected chi connectivity index (χ3v) is 1.87. The van der Waals surface area contributed by atoms with Gasteiger partial charge in [-0.05, 0) is 41.6 Å². The van der Waals surface area contributed by atoms with Crippen molar-refractivity contribution in [1.29, 1.82) is 0 Å². The molecule has 0 bridgehead atoms. The predicted octanol–water partition coefficient (Wildman–Crippen LogP) is 3.65. The SMILES string of the molecule is Cc1ccc([C@H](N=CI)C(F)(F)F)o1. The highest BCUT2D eigenvalue weighted by molar-refractivity contribution is 14.1. The third kappa shape index (κ3) is 2.73. The molecule has 0 fully saturated rings. The van der Waals surface area contributed by atoms with Crippen LogP contribution in [0.1, 0.15) is 17.6 Å². The van der Waals surface area contributed by atoms with Crippen LogP contribution in [0.3, 0.4) is 0 Å². The molecular formula is C8H7F3INO. The van der Waals surface area contributed by atoms with Gasteiger partial charge in [0.2, 0.25) is 6.04 Å². The van der Waals surface area contributed by atoms with E-state index in [-0.39, 0.29) is 5.76 Å². The number of rotatable bonds is 2. The second kappa shape index (κ2) is 4.33. The van der Waals surface area contributed by atoms with E-state index in [1.54, 1.807) is 29.5 Å². The Bertz CT molecular complexity index is 332. The zero-order valence-electron chi connectivity index (χ0n) is 7.18. The first-order valence-electron chi connectivity index (χ1n) is 3.70. The standard InChI is InChI=1S/C8H7F3INO/c1-5-2-3-6(14-5)7(13-4-12)8(9,10)11/h2-4,7H,1H3/t7-/m0/s1. The molecule has 1 aromatic heterocycles. The Morgan fingerprint density at radius 3 is 2.50 bits per heavy atom. The smallest absolute Gasteiger partial charge is 0.418 e.